The molecule has 140 valence electrons. The van der Waals surface area contributed by atoms with Gasteiger partial charge in [-0.3, -0.25) is 0 Å². The monoisotopic (exact) mass is 358 g/mol. The highest BCUT2D eigenvalue weighted by Gasteiger charge is 2.51. The maximum Gasteiger partial charge on any atom is 0.115 e. The van der Waals surface area contributed by atoms with Gasteiger partial charge in [-0.05, 0) is 12.0 Å². The Balaban J connectivity index is 1.55. The SMILES string of the molecule is C=C[C@H]1O[C@H]2[C@H](OCc3ccccc3)[C@H]3OCC=CC[C@@H]3O[C@@H]2C[C@H]1O. The lowest BCUT2D eigenvalue weighted by atomic mass is 9.87. The lowest BCUT2D eigenvalue weighted by Gasteiger charge is -2.50. The predicted octanol–water partition coefficient (Wildman–Crippen LogP) is 2.39. The molecule has 0 saturated carbocycles. The molecule has 0 unspecified atom stereocenters. The molecule has 26 heavy (non-hydrogen) atoms. The van der Waals surface area contributed by atoms with E-state index in [-0.39, 0.29) is 30.5 Å². The van der Waals surface area contributed by atoms with Crippen LogP contribution in [-0.2, 0) is 25.6 Å². The molecule has 0 spiro atoms. The van der Waals surface area contributed by atoms with E-state index in [1.54, 1.807) is 6.08 Å². The van der Waals surface area contributed by atoms with Gasteiger partial charge in [0.1, 0.15) is 24.4 Å². The number of hydrogen-bond acceptors (Lipinski definition) is 5. The zero-order chi connectivity index (χ0) is 17.9. The maximum absolute atomic E-state index is 10.3. The Morgan fingerprint density at radius 3 is 2.77 bits per heavy atom. The van der Waals surface area contributed by atoms with Crippen LogP contribution in [0.5, 0.6) is 0 Å². The molecule has 1 aromatic rings. The van der Waals surface area contributed by atoms with Gasteiger partial charge >= 0.3 is 0 Å². The summed E-state index contributed by atoms with van der Waals surface area (Å²) in [7, 11) is 0. The van der Waals surface area contributed by atoms with E-state index in [2.05, 4.69) is 12.7 Å². The number of benzene rings is 1. The van der Waals surface area contributed by atoms with Gasteiger partial charge < -0.3 is 24.1 Å². The van der Waals surface area contributed by atoms with Crippen LogP contribution in [0.2, 0.25) is 0 Å². The van der Waals surface area contributed by atoms with E-state index in [0.29, 0.717) is 19.6 Å². The topological polar surface area (TPSA) is 57.2 Å². The van der Waals surface area contributed by atoms with Gasteiger partial charge in [0.2, 0.25) is 0 Å². The van der Waals surface area contributed by atoms with Gasteiger partial charge in [-0.1, -0.05) is 48.6 Å². The molecule has 5 nitrogen and oxygen atoms in total. The smallest absolute Gasteiger partial charge is 0.115 e. The standard InChI is InChI=1S/C21H26O5/c1-2-16-15(22)12-18-20(26-16)21(24-13-14-8-4-3-5-9-14)19-17(25-18)10-6-7-11-23-19/h2-9,15-22H,1,10-13H2/t15-,16-,17+,18-,19+,20-,21-/m1/s1. The molecule has 3 heterocycles. The van der Waals surface area contributed by atoms with Crippen LogP contribution in [0.4, 0.5) is 0 Å². The van der Waals surface area contributed by atoms with Gasteiger partial charge in [0.15, 0.2) is 0 Å². The van der Waals surface area contributed by atoms with Crippen molar-refractivity contribution in [3.05, 3.63) is 60.7 Å². The van der Waals surface area contributed by atoms with E-state index in [4.69, 9.17) is 18.9 Å². The molecule has 0 aromatic heterocycles. The number of ether oxygens (including phenoxy) is 4. The summed E-state index contributed by atoms with van der Waals surface area (Å²) in [6.45, 7) is 4.81. The number of rotatable bonds is 4. The molecule has 7 atom stereocenters. The first-order chi connectivity index (χ1) is 12.8. The van der Waals surface area contributed by atoms with E-state index in [1.165, 1.54) is 0 Å². The largest absolute Gasteiger partial charge is 0.390 e. The van der Waals surface area contributed by atoms with Crippen molar-refractivity contribution in [2.45, 2.75) is 62.2 Å². The highest BCUT2D eigenvalue weighted by molar-refractivity contribution is 5.14. The van der Waals surface area contributed by atoms with Crippen molar-refractivity contribution >= 4 is 0 Å². The van der Waals surface area contributed by atoms with Crippen molar-refractivity contribution in [2.75, 3.05) is 6.61 Å². The van der Waals surface area contributed by atoms with Crippen LogP contribution in [-0.4, -0.2) is 54.4 Å². The number of fused-ring (bicyclic) bond motifs is 2. The molecule has 0 radical (unpaired) electrons. The summed E-state index contributed by atoms with van der Waals surface area (Å²) in [5.41, 5.74) is 1.11. The van der Waals surface area contributed by atoms with E-state index < -0.39 is 12.2 Å². The fourth-order valence-corrected chi connectivity index (χ4v) is 4.01. The average molecular weight is 358 g/mol. The quantitative estimate of drug-likeness (QED) is 0.838. The zero-order valence-electron chi connectivity index (χ0n) is 14.8. The highest BCUT2D eigenvalue weighted by Crippen LogP contribution is 2.37. The minimum absolute atomic E-state index is 0.0909. The third-order valence-corrected chi connectivity index (χ3v) is 5.33. The molecule has 0 aliphatic carbocycles. The molecular weight excluding hydrogens is 332 g/mol. The van der Waals surface area contributed by atoms with E-state index in [0.717, 1.165) is 12.0 Å². The summed E-state index contributed by atoms with van der Waals surface area (Å²) < 4.78 is 24.7. The fourth-order valence-electron chi connectivity index (χ4n) is 4.01. The van der Waals surface area contributed by atoms with Gasteiger partial charge in [0.25, 0.3) is 0 Å². The second-order valence-electron chi connectivity index (χ2n) is 7.08. The Morgan fingerprint density at radius 1 is 1.12 bits per heavy atom. The molecule has 0 amide bonds. The van der Waals surface area contributed by atoms with Gasteiger partial charge in [-0.15, -0.1) is 6.58 Å². The average Bonchev–Trinajstić information content (AvgIpc) is 2.91. The van der Waals surface area contributed by atoms with Crippen molar-refractivity contribution in [2.24, 2.45) is 0 Å². The summed E-state index contributed by atoms with van der Waals surface area (Å²) in [4.78, 5) is 0. The van der Waals surface area contributed by atoms with Crippen molar-refractivity contribution < 1.29 is 24.1 Å². The minimum atomic E-state index is -0.609. The second kappa shape index (κ2) is 8.03. The van der Waals surface area contributed by atoms with Crippen LogP contribution >= 0.6 is 0 Å². The Hall–Kier alpha value is -1.50. The lowest BCUT2D eigenvalue weighted by molar-refractivity contribution is -0.289. The summed E-state index contributed by atoms with van der Waals surface area (Å²) in [5, 5.41) is 10.3. The van der Waals surface area contributed by atoms with Crippen molar-refractivity contribution in [1.29, 1.82) is 0 Å². The summed E-state index contributed by atoms with van der Waals surface area (Å²) in [5.74, 6) is 0. The van der Waals surface area contributed by atoms with E-state index >= 15 is 0 Å². The molecule has 4 rings (SSSR count). The molecule has 5 heteroatoms. The number of hydrogen-bond donors (Lipinski definition) is 1. The Bertz CT molecular complexity index is 631. The van der Waals surface area contributed by atoms with Crippen molar-refractivity contribution in [3.8, 4) is 0 Å². The first-order valence-electron chi connectivity index (χ1n) is 9.30. The molecule has 1 aromatic carbocycles. The molecule has 1 N–H and O–H groups in total. The Labute approximate surface area is 154 Å². The Morgan fingerprint density at radius 2 is 1.96 bits per heavy atom. The molecule has 0 bridgehead atoms. The van der Waals surface area contributed by atoms with Crippen molar-refractivity contribution in [3.63, 3.8) is 0 Å². The second-order valence-corrected chi connectivity index (χ2v) is 7.08. The van der Waals surface area contributed by atoms with Gasteiger partial charge in [-0.2, -0.15) is 0 Å². The summed E-state index contributed by atoms with van der Waals surface area (Å²) in [6, 6.07) is 10.1. The van der Waals surface area contributed by atoms with E-state index in [9.17, 15) is 5.11 Å². The Kier molecular flexibility index (Phi) is 5.52. The van der Waals surface area contributed by atoms with Crippen LogP contribution < -0.4 is 0 Å². The lowest BCUT2D eigenvalue weighted by Crippen LogP contribution is -2.64. The van der Waals surface area contributed by atoms with Crippen LogP contribution in [0.1, 0.15) is 18.4 Å². The number of aliphatic hydroxyl groups excluding tert-OH is 1. The normalized spacial score (nSPS) is 39.5. The van der Waals surface area contributed by atoms with Gasteiger partial charge in [0.05, 0.1) is 31.5 Å². The first kappa shape index (κ1) is 17.9. The zero-order valence-corrected chi connectivity index (χ0v) is 14.8. The predicted molar refractivity (Wildman–Crippen MR) is 96.7 cm³/mol. The summed E-state index contributed by atoms with van der Waals surface area (Å²) >= 11 is 0. The molecular formula is C21H26O5. The van der Waals surface area contributed by atoms with Gasteiger partial charge in [-0.25, -0.2) is 0 Å². The maximum atomic E-state index is 10.3. The minimum Gasteiger partial charge on any atom is -0.390 e. The van der Waals surface area contributed by atoms with Crippen LogP contribution in [0.3, 0.4) is 0 Å². The van der Waals surface area contributed by atoms with Crippen LogP contribution in [0.25, 0.3) is 0 Å². The fraction of sp³-hybridized carbons (Fsp3) is 0.524. The third kappa shape index (κ3) is 3.63. The third-order valence-electron chi connectivity index (χ3n) is 5.33. The number of aliphatic hydroxyl groups is 1. The molecule has 3 aliphatic rings. The van der Waals surface area contributed by atoms with Crippen LogP contribution in [0, 0.1) is 0 Å². The molecule has 3 aliphatic heterocycles. The molecule has 2 fully saturated rings. The van der Waals surface area contributed by atoms with Gasteiger partial charge in [0, 0.05) is 6.42 Å². The first-order valence-corrected chi connectivity index (χ1v) is 9.30. The summed E-state index contributed by atoms with van der Waals surface area (Å²) in [6.07, 6.45) is 4.98. The van der Waals surface area contributed by atoms with E-state index in [1.807, 2.05) is 36.4 Å². The molecule has 2 saturated heterocycles. The van der Waals surface area contributed by atoms with Crippen LogP contribution in [0.15, 0.2) is 55.1 Å². The van der Waals surface area contributed by atoms with Crippen molar-refractivity contribution in [1.82, 2.24) is 0 Å². The highest BCUT2D eigenvalue weighted by atomic mass is 16.6.